The van der Waals surface area contributed by atoms with Gasteiger partial charge in [-0.1, -0.05) is 36.4 Å². The molecule has 0 spiro atoms. The van der Waals surface area contributed by atoms with Crippen LogP contribution in [0.3, 0.4) is 0 Å². The first-order valence-electron chi connectivity index (χ1n) is 10.2. The van der Waals surface area contributed by atoms with Crippen molar-refractivity contribution in [2.45, 2.75) is 31.3 Å². The number of hydrogen-bond acceptors (Lipinski definition) is 4. The number of hydrogen-bond donors (Lipinski definition) is 3. The smallest absolute Gasteiger partial charge is 0.287 e. The second-order valence-electron chi connectivity index (χ2n) is 7.51. The summed E-state index contributed by atoms with van der Waals surface area (Å²) in [5.41, 5.74) is 1.86. The van der Waals surface area contributed by atoms with E-state index in [-0.39, 0.29) is 23.6 Å². The van der Waals surface area contributed by atoms with Crippen LogP contribution >= 0.6 is 0 Å². The molecule has 1 aliphatic carbocycles. The van der Waals surface area contributed by atoms with Crippen molar-refractivity contribution in [2.24, 2.45) is 0 Å². The molecule has 7 heteroatoms. The van der Waals surface area contributed by atoms with Gasteiger partial charge in [0.05, 0.1) is 6.26 Å². The second-order valence-corrected chi connectivity index (χ2v) is 7.51. The zero-order valence-electron chi connectivity index (χ0n) is 16.8. The van der Waals surface area contributed by atoms with Gasteiger partial charge in [0.1, 0.15) is 6.04 Å². The summed E-state index contributed by atoms with van der Waals surface area (Å²) in [6.07, 6.45) is 3.71. The average Bonchev–Trinajstić information content (AvgIpc) is 3.42. The predicted octanol–water partition coefficient (Wildman–Crippen LogP) is 3.15. The SMILES string of the molecule is O=C(NC1CC1)c1cccc(NC(=O)C(Cc2ccccc2)NC(=O)c2ccco2)c1. The fourth-order valence-corrected chi connectivity index (χ4v) is 3.16. The lowest BCUT2D eigenvalue weighted by molar-refractivity contribution is -0.118. The van der Waals surface area contributed by atoms with Crippen LogP contribution in [0.4, 0.5) is 5.69 Å². The zero-order valence-corrected chi connectivity index (χ0v) is 16.8. The van der Waals surface area contributed by atoms with Crippen molar-refractivity contribution in [2.75, 3.05) is 5.32 Å². The first-order chi connectivity index (χ1) is 15.1. The molecule has 3 amide bonds. The van der Waals surface area contributed by atoms with E-state index in [1.54, 1.807) is 30.3 Å². The summed E-state index contributed by atoms with van der Waals surface area (Å²) < 4.78 is 5.14. The van der Waals surface area contributed by atoms with E-state index in [2.05, 4.69) is 16.0 Å². The molecule has 1 fully saturated rings. The number of furan rings is 1. The molecule has 3 N–H and O–H groups in total. The number of anilines is 1. The third-order valence-electron chi connectivity index (χ3n) is 4.95. The van der Waals surface area contributed by atoms with Gasteiger partial charge in [0, 0.05) is 23.7 Å². The Bertz CT molecular complexity index is 1060. The Morgan fingerprint density at radius 1 is 0.935 bits per heavy atom. The number of nitrogens with one attached hydrogen (secondary N) is 3. The quantitative estimate of drug-likeness (QED) is 0.524. The van der Waals surface area contributed by atoms with Crippen LogP contribution in [0.1, 0.15) is 39.3 Å². The van der Waals surface area contributed by atoms with E-state index in [1.165, 1.54) is 12.3 Å². The number of amides is 3. The molecule has 7 nitrogen and oxygen atoms in total. The van der Waals surface area contributed by atoms with E-state index in [4.69, 9.17) is 4.42 Å². The van der Waals surface area contributed by atoms with Crippen LogP contribution < -0.4 is 16.0 Å². The maximum atomic E-state index is 13.0. The summed E-state index contributed by atoms with van der Waals surface area (Å²) in [7, 11) is 0. The van der Waals surface area contributed by atoms with Gasteiger partial charge in [-0.2, -0.15) is 0 Å². The molecule has 1 heterocycles. The maximum Gasteiger partial charge on any atom is 0.287 e. The Morgan fingerprint density at radius 2 is 1.74 bits per heavy atom. The lowest BCUT2D eigenvalue weighted by Gasteiger charge is -2.18. The Labute approximate surface area is 179 Å². The molecule has 158 valence electrons. The first kappa shape index (κ1) is 20.4. The summed E-state index contributed by atoms with van der Waals surface area (Å²) in [4.78, 5) is 37.8. The Morgan fingerprint density at radius 3 is 2.45 bits per heavy atom. The summed E-state index contributed by atoms with van der Waals surface area (Å²) in [5.74, 6) is -0.891. The normalized spacial score (nSPS) is 13.8. The molecule has 3 aromatic rings. The van der Waals surface area contributed by atoms with Crippen molar-refractivity contribution >= 4 is 23.4 Å². The van der Waals surface area contributed by atoms with Crippen molar-refractivity contribution < 1.29 is 18.8 Å². The van der Waals surface area contributed by atoms with Crippen molar-refractivity contribution in [1.82, 2.24) is 10.6 Å². The van der Waals surface area contributed by atoms with Crippen molar-refractivity contribution in [3.05, 3.63) is 89.9 Å². The topological polar surface area (TPSA) is 100 Å². The number of benzene rings is 2. The number of carbonyl (C=O) groups is 3. The molecule has 1 saturated carbocycles. The minimum absolute atomic E-state index is 0.129. The van der Waals surface area contributed by atoms with Gasteiger partial charge in [-0.25, -0.2) is 0 Å². The summed E-state index contributed by atoms with van der Waals surface area (Å²) in [5, 5.41) is 8.48. The van der Waals surface area contributed by atoms with E-state index in [0.29, 0.717) is 17.7 Å². The van der Waals surface area contributed by atoms with Gasteiger partial charge in [0.2, 0.25) is 5.91 Å². The van der Waals surface area contributed by atoms with Gasteiger partial charge in [-0.3, -0.25) is 14.4 Å². The van der Waals surface area contributed by atoms with E-state index in [1.807, 2.05) is 30.3 Å². The average molecular weight is 417 g/mol. The molecule has 1 unspecified atom stereocenters. The highest BCUT2D eigenvalue weighted by molar-refractivity contribution is 6.01. The molecule has 1 aromatic heterocycles. The Balaban J connectivity index is 1.48. The lowest BCUT2D eigenvalue weighted by atomic mass is 10.0. The van der Waals surface area contributed by atoms with Crippen LogP contribution in [-0.2, 0) is 11.2 Å². The monoisotopic (exact) mass is 417 g/mol. The van der Waals surface area contributed by atoms with Gasteiger partial charge in [0.15, 0.2) is 5.76 Å². The van der Waals surface area contributed by atoms with Crippen LogP contribution in [-0.4, -0.2) is 29.8 Å². The van der Waals surface area contributed by atoms with Crippen molar-refractivity contribution in [3.8, 4) is 0 Å². The molecule has 0 bridgehead atoms. The Kier molecular flexibility index (Phi) is 6.12. The van der Waals surface area contributed by atoms with Gasteiger partial charge in [-0.15, -0.1) is 0 Å². The third kappa shape index (κ3) is 5.60. The molecular weight excluding hydrogens is 394 g/mol. The van der Waals surface area contributed by atoms with E-state index in [9.17, 15) is 14.4 Å². The minimum Gasteiger partial charge on any atom is -0.459 e. The van der Waals surface area contributed by atoms with E-state index in [0.717, 1.165) is 18.4 Å². The van der Waals surface area contributed by atoms with Crippen LogP contribution in [0.5, 0.6) is 0 Å². The van der Waals surface area contributed by atoms with Crippen molar-refractivity contribution in [3.63, 3.8) is 0 Å². The molecule has 4 rings (SSSR count). The lowest BCUT2D eigenvalue weighted by Crippen LogP contribution is -2.45. The molecular formula is C24H23N3O4. The highest BCUT2D eigenvalue weighted by Crippen LogP contribution is 2.20. The van der Waals surface area contributed by atoms with Crippen LogP contribution in [0.15, 0.2) is 77.4 Å². The molecule has 0 aliphatic heterocycles. The Hall–Kier alpha value is -3.87. The minimum atomic E-state index is -0.830. The van der Waals surface area contributed by atoms with Gasteiger partial charge in [0.25, 0.3) is 11.8 Å². The van der Waals surface area contributed by atoms with Crippen LogP contribution in [0, 0.1) is 0 Å². The number of rotatable bonds is 8. The van der Waals surface area contributed by atoms with Gasteiger partial charge >= 0.3 is 0 Å². The summed E-state index contributed by atoms with van der Waals surface area (Å²) >= 11 is 0. The molecule has 2 aromatic carbocycles. The molecule has 31 heavy (non-hydrogen) atoms. The fourth-order valence-electron chi connectivity index (χ4n) is 3.16. The second kappa shape index (κ2) is 9.30. The number of carbonyl (C=O) groups excluding carboxylic acids is 3. The molecule has 1 aliphatic rings. The largest absolute Gasteiger partial charge is 0.459 e. The van der Waals surface area contributed by atoms with E-state index < -0.39 is 11.9 Å². The first-order valence-corrected chi connectivity index (χ1v) is 10.2. The van der Waals surface area contributed by atoms with E-state index >= 15 is 0 Å². The van der Waals surface area contributed by atoms with Gasteiger partial charge in [-0.05, 0) is 48.7 Å². The standard InChI is InChI=1S/C24H23N3O4/c28-22(25-18-11-12-18)17-8-4-9-19(15-17)26-23(29)20(14-16-6-2-1-3-7-16)27-24(30)21-10-5-13-31-21/h1-10,13,15,18,20H,11-12,14H2,(H,25,28)(H,26,29)(H,27,30). The van der Waals surface area contributed by atoms with Gasteiger partial charge < -0.3 is 20.4 Å². The highest BCUT2D eigenvalue weighted by Gasteiger charge is 2.25. The molecule has 1 atom stereocenters. The van der Waals surface area contributed by atoms with Crippen LogP contribution in [0.25, 0.3) is 0 Å². The van der Waals surface area contributed by atoms with Crippen LogP contribution in [0.2, 0.25) is 0 Å². The third-order valence-corrected chi connectivity index (χ3v) is 4.95. The molecule has 0 radical (unpaired) electrons. The molecule has 0 saturated heterocycles. The predicted molar refractivity (Wildman–Crippen MR) is 116 cm³/mol. The highest BCUT2D eigenvalue weighted by atomic mass is 16.3. The fraction of sp³-hybridized carbons (Fsp3) is 0.208. The zero-order chi connectivity index (χ0) is 21.6. The summed E-state index contributed by atoms with van der Waals surface area (Å²) in [6.45, 7) is 0. The summed E-state index contributed by atoms with van der Waals surface area (Å²) in [6, 6.07) is 18.7. The maximum absolute atomic E-state index is 13.0. The van der Waals surface area contributed by atoms with Crippen molar-refractivity contribution in [1.29, 1.82) is 0 Å².